The summed E-state index contributed by atoms with van der Waals surface area (Å²) in [4.78, 5) is 22.4. The molecule has 0 saturated heterocycles. The van der Waals surface area contributed by atoms with Gasteiger partial charge in [0.2, 0.25) is 5.76 Å². The molecule has 96 valence electrons. The summed E-state index contributed by atoms with van der Waals surface area (Å²) in [6.45, 7) is 3.37. The maximum absolute atomic E-state index is 11.6. The molecule has 1 amide bonds. The number of carboxylic acid groups (broad SMARTS) is 1. The Bertz CT molecular complexity index is 451. The number of carbonyl (C=O) groups is 2. The molecule has 0 fully saturated rings. The summed E-state index contributed by atoms with van der Waals surface area (Å²) in [6.07, 6.45) is 0.617. The van der Waals surface area contributed by atoms with Gasteiger partial charge in [0.25, 0.3) is 5.91 Å². The van der Waals surface area contributed by atoms with Crippen molar-refractivity contribution in [3.8, 4) is 0 Å². The van der Waals surface area contributed by atoms with Gasteiger partial charge >= 0.3 is 5.97 Å². The first-order valence-electron chi connectivity index (χ1n) is 5.46. The van der Waals surface area contributed by atoms with E-state index in [2.05, 4.69) is 5.32 Å². The predicted octanol–water partition coefficient (Wildman–Crippen LogP) is 2.02. The average Bonchev–Trinajstić information content (AvgIpc) is 2.28. The molecule has 2 N–H and O–H groups in total. The van der Waals surface area contributed by atoms with E-state index in [1.807, 2.05) is 6.07 Å². The van der Waals surface area contributed by atoms with Crippen LogP contribution >= 0.6 is 0 Å². The van der Waals surface area contributed by atoms with Crippen LogP contribution in [0.2, 0.25) is 0 Å². The van der Waals surface area contributed by atoms with E-state index in [1.54, 1.807) is 38.1 Å². The lowest BCUT2D eigenvalue weighted by molar-refractivity contribution is -0.137. The van der Waals surface area contributed by atoms with Gasteiger partial charge in [-0.15, -0.1) is 0 Å². The quantitative estimate of drug-likeness (QED) is 0.618. The summed E-state index contributed by atoms with van der Waals surface area (Å²) in [6, 6.07) is 8.76. The third-order valence-electron chi connectivity index (χ3n) is 1.88. The van der Waals surface area contributed by atoms with E-state index in [4.69, 9.17) is 9.84 Å². The van der Waals surface area contributed by atoms with Crippen LogP contribution in [0.15, 0.2) is 42.2 Å². The van der Waals surface area contributed by atoms with Crippen molar-refractivity contribution in [3.63, 3.8) is 0 Å². The smallest absolute Gasteiger partial charge is 0.371 e. The number of para-hydroxylation sites is 1. The van der Waals surface area contributed by atoms with Crippen molar-refractivity contribution < 1.29 is 19.4 Å². The van der Waals surface area contributed by atoms with Crippen LogP contribution in [0.1, 0.15) is 13.8 Å². The lowest BCUT2D eigenvalue weighted by Gasteiger charge is -2.09. The lowest BCUT2D eigenvalue weighted by Crippen LogP contribution is -2.15. The fraction of sp³-hybridized carbons (Fsp3) is 0.231. The van der Waals surface area contributed by atoms with Crippen molar-refractivity contribution in [2.45, 2.75) is 20.0 Å². The summed E-state index contributed by atoms with van der Waals surface area (Å²) in [5.41, 5.74) is 0.591. The number of carbonyl (C=O) groups excluding carboxylic acids is 1. The van der Waals surface area contributed by atoms with Crippen molar-refractivity contribution in [1.29, 1.82) is 0 Å². The van der Waals surface area contributed by atoms with E-state index in [0.717, 1.165) is 6.08 Å². The van der Waals surface area contributed by atoms with Gasteiger partial charge in [-0.05, 0) is 26.0 Å². The number of benzene rings is 1. The number of aliphatic carboxylic acids is 1. The zero-order chi connectivity index (χ0) is 13.5. The van der Waals surface area contributed by atoms with Crippen LogP contribution in [-0.2, 0) is 14.3 Å². The number of hydrogen-bond donors (Lipinski definition) is 2. The Morgan fingerprint density at radius 3 is 2.39 bits per heavy atom. The van der Waals surface area contributed by atoms with Crippen LogP contribution in [0.4, 0.5) is 5.69 Å². The van der Waals surface area contributed by atoms with Crippen LogP contribution < -0.4 is 5.32 Å². The Kier molecular flexibility index (Phi) is 4.92. The fourth-order valence-electron chi connectivity index (χ4n) is 1.22. The molecule has 0 unspecified atom stereocenters. The molecule has 0 radical (unpaired) electrons. The molecule has 0 atom stereocenters. The molecule has 1 rings (SSSR count). The number of anilines is 1. The first-order valence-corrected chi connectivity index (χ1v) is 5.46. The highest BCUT2D eigenvalue weighted by atomic mass is 16.5. The second-order valence-electron chi connectivity index (χ2n) is 3.84. The molecular weight excluding hydrogens is 234 g/mol. The van der Waals surface area contributed by atoms with Crippen molar-refractivity contribution >= 4 is 17.6 Å². The first kappa shape index (κ1) is 13.8. The highest BCUT2D eigenvalue weighted by Crippen LogP contribution is 2.07. The standard InChI is InChI=1S/C13H15NO4/c1-9(2)18-11(13(16)17)8-12(15)14-10-6-4-3-5-7-10/h3-9H,1-2H3,(H,14,15)(H,16,17). The molecule has 0 heterocycles. The molecule has 0 spiro atoms. The van der Waals surface area contributed by atoms with Crippen molar-refractivity contribution in [1.82, 2.24) is 0 Å². The number of hydrogen-bond acceptors (Lipinski definition) is 3. The zero-order valence-electron chi connectivity index (χ0n) is 10.2. The van der Waals surface area contributed by atoms with E-state index in [0.29, 0.717) is 5.69 Å². The fourth-order valence-corrected chi connectivity index (χ4v) is 1.22. The minimum absolute atomic E-state index is 0.308. The molecular formula is C13H15NO4. The third-order valence-corrected chi connectivity index (χ3v) is 1.88. The average molecular weight is 249 g/mol. The van der Waals surface area contributed by atoms with Crippen LogP contribution in [0.5, 0.6) is 0 Å². The molecule has 0 aliphatic carbocycles. The van der Waals surface area contributed by atoms with Crippen molar-refractivity contribution in [2.24, 2.45) is 0 Å². The number of amides is 1. The van der Waals surface area contributed by atoms with Crippen LogP contribution in [0, 0.1) is 0 Å². The lowest BCUT2D eigenvalue weighted by atomic mass is 10.3. The molecule has 5 nitrogen and oxygen atoms in total. The van der Waals surface area contributed by atoms with Gasteiger partial charge in [0.1, 0.15) is 0 Å². The van der Waals surface area contributed by atoms with Crippen molar-refractivity contribution in [3.05, 3.63) is 42.2 Å². The van der Waals surface area contributed by atoms with Gasteiger partial charge in [-0.1, -0.05) is 18.2 Å². The molecule has 18 heavy (non-hydrogen) atoms. The van der Waals surface area contributed by atoms with Gasteiger partial charge in [-0.3, -0.25) is 4.79 Å². The van der Waals surface area contributed by atoms with E-state index < -0.39 is 11.9 Å². The van der Waals surface area contributed by atoms with Gasteiger partial charge < -0.3 is 15.2 Å². The summed E-state index contributed by atoms with van der Waals surface area (Å²) in [7, 11) is 0. The molecule has 1 aromatic carbocycles. The van der Waals surface area contributed by atoms with Gasteiger partial charge in [-0.2, -0.15) is 0 Å². The number of ether oxygens (including phenoxy) is 1. The van der Waals surface area contributed by atoms with Crippen molar-refractivity contribution in [2.75, 3.05) is 5.32 Å². The first-order chi connectivity index (χ1) is 8.49. The molecule has 1 aromatic rings. The normalized spacial score (nSPS) is 11.2. The number of carboxylic acids is 1. The highest BCUT2D eigenvalue weighted by molar-refractivity contribution is 6.03. The maximum atomic E-state index is 11.6. The molecule has 0 bridgehead atoms. The largest absolute Gasteiger partial charge is 0.484 e. The Morgan fingerprint density at radius 1 is 1.28 bits per heavy atom. The van der Waals surface area contributed by atoms with Crippen LogP contribution in [-0.4, -0.2) is 23.1 Å². The van der Waals surface area contributed by atoms with E-state index in [1.165, 1.54) is 0 Å². The minimum Gasteiger partial charge on any atom is -0.484 e. The maximum Gasteiger partial charge on any atom is 0.371 e. The van der Waals surface area contributed by atoms with Gasteiger partial charge in [-0.25, -0.2) is 4.79 Å². The van der Waals surface area contributed by atoms with E-state index in [-0.39, 0.29) is 11.9 Å². The molecule has 0 aromatic heterocycles. The molecule has 0 saturated carbocycles. The van der Waals surface area contributed by atoms with Gasteiger partial charge in [0.05, 0.1) is 12.2 Å². The number of nitrogens with one attached hydrogen (secondary N) is 1. The Balaban J connectivity index is 2.73. The molecule has 0 aliphatic heterocycles. The van der Waals surface area contributed by atoms with Crippen LogP contribution in [0.25, 0.3) is 0 Å². The Labute approximate surface area is 105 Å². The summed E-state index contributed by atoms with van der Waals surface area (Å²) >= 11 is 0. The number of rotatable bonds is 5. The van der Waals surface area contributed by atoms with E-state index >= 15 is 0 Å². The topological polar surface area (TPSA) is 75.6 Å². The summed E-state index contributed by atoms with van der Waals surface area (Å²) < 4.78 is 5.02. The minimum atomic E-state index is -1.27. The van der Waals surface area contributed by atoms with Crippen LogP contribution in [0.3, 0.4) is 0 Å². The van der Waals surface area contributed by atoms with Gasteiger partial charge in [0, 0.05) is 5.69 Å². The SMILES string of the molecule is CC(C)OC(=CC(=O)Nc1ccccc1)C(=O)O. The predicted molar refractivity (Wildman–Crippen MR) is 67.0 cm³/mol. The second kappa shape index (κ2) is 6.44. The second-order valence-corrected chi connectivity index (χ2v) is 3.84. The zero-order valence-corrected chi connectivity index (χ0v) is 10.2. The monoisotopic (exact) mass is 249 g/mol. The highest BCUT2D eigenvalue weighted by Gasteiger charge is 2.13. The van der Waals surface area contributed by atoms with E-state index in [9.17, 15) is 9.59 Å². The summed E-state index contributed by atoms with van der Waals surface area (Å²) in [5.74, 6) is -2.19. The molecule has 0 aliphatic rings. The Morgan fingerprint density at radius 2 is 1.89 bits per heavy atom. The molecule has 5 heteroatoms. The van der Waals surface area contributed by atoms with Gasteiger partial charge in [0.15, 0.2) is 0 Å². The Hall–Kier alpha value is -2.30. The third kappa shape index (κ3) is 4.69. The summed E-state index contributed by atoms with van der Waals surface area (Å²) in [5, 5.41) is 11.4.